The van der Waals surface area contributed by atoms with Gasteiger partial charge >= 0.3 is 0 Å². The first-order valence-electron chi connectivity index (χ1n) is 11.1. The quantitative estimate of drug-likeness (QED) is 0.534. The number of halogens is 1. The summed E-state index contributed by atoms with van der Waals surface area (Å²) in [7, 11) is 5.56. The van der Waals surface area contributed by atoms with Crippen molar-refractivity contribution in [1.29, 1.82) is 0 Å². The van der Waals surface area contributed by atoms with Crippen LogP contribution >= 0.6 is 0 Å². The summed E-state index contributed by atoms with van der Waals surface area (Å²) < 4.78 is 20.2. The molecule has 0 bridgehead atoms. The molecule has 0 fully saturated rings. The Labute approximate surface area is 197 Å². The fourth-order valence-electron chi connectivity index (χ4n) is 3.71. The van der Waals surface area contributed by atoms with Crippen LogP contribution in [0.5, 0.6) is 5.75 Å². The zero-order chi connectivity index (χ0) is 24.2. The van der Waals surface area contributed by atoms with Crippen LogP contribution in [0.15, 0.2) is 42.6 Å². The number of nitrogens with one attached hydrogen (secondary N) is 2. The van der Waals surface area contributed by atoms with Gasteiger partial charge in [-0.25, -0.2) is 4.39 Å². The molecule has 1 aromatic carbocycles. The Bertz CT molecular complexity index is 1210. The number of pyridine rings is 1. The van der Waals surface area contributed by atoms with E-state index in [1.807, 2.05) is 37.2 Å². The third kappa shape index (κ3) is 5.26. The highest BCUT2D eigenvalue weighted by Gasteiger charge is 2.20. The number of hydrogen-bond acceptors (Lipinski definition) is 5. The van der Waals surface area contributed by atoms with Crippen LogP contribution in [-0.4, -0.2) is 79.0 Å². The standard InChI is InChI=1S/C25H28FN5O3/c1-30(2)10-11-31(3)24(32)15-34-23-5-4-16(12-19(23)26)21-13-17(6-8-27-21)22-14-18-20(29-22)7-9-28-25(18)33/h4-6,8,12-14,29H,7,9-11,15H2,1-3H3,(H,28,33). The normalized spacial score (nSPS) is 12.9. The monoisotopic (exact) mass is 465 g/mol. The number of rotatable bonds is 8. The molecule has 0 saturated carbocycles. The minimum Gasteiger partial charge on any atom is -0.481 e. The van der Waals surface area contributed by atoms with Crippen molar-refractivity contribution in [3.63, 3.8) is 0 Å². The van der Waals surface area contributed by atoms with Crippen molar-refractivity contribution in [2.24, 2.45) is 0 Å². The number of carbonyl (C=O) groups excluding carboxylic acids is 2. The summed E-state index contributed by atoms with van der Waals surface area (Å²) in [6, 6.07) is 10.1. The largest absolute Gasteiger partial charge is 0.481 e. The number of benzene rings is 1. The van der Waals surface area contributed by atoms with Gasteiger partial charge in [0.1, 0.15) is 0 Å². The Balaban J connectivity index is 1.46. The fourth-order valence-corrected chi connectivity index (χ4v) is 3.71. The van der Waals surface area contributed by atoms with E-state index in [0.29, 0.717) is 29.9 Å². The smallest absolute Gasteiger partial charge is 0.260 e. The molecule has 0 aliphatic carbocycles. The van der Waals surface area contributed by atoms with Gasteiger partial charge in [-0.2, -0.15) is 0 Å². The van der Waals surface area contributed by atoms with E-state index >= 15 is 0 Å². The molecule has 0 atom stereocenters. The van der Waals surface area contributed by atoms with Gasteiger partial charge in [0.2, 0.25) is 0 Å². The summed E-state index contributed by atoms with van der Waals surface area (Å²) in [5.74, 6) is -0.863. The maximum absolute atomic E-state index is 14.7. The van der Waals surface area contributed by atoms with Gasteiger partial charge in [0.25, 0.3) is 11.8 Å². The third-order valence-corrected chi connectivity index (χ3v) is 5.76. The maximum Gasteiger partial charge on any atom is 0.260 e. The summed E-state index contributed by atoms with van der Waals surface area (Å²) in [6.45, 7) is 1.67. The molecule has 0 unspecified atom stereocenters. The van der Waals surface area contributed by atoms with E-state index in [-0.39, 0.29) is 24.2 Å². The first kappa shape index (κ1) is 23.4. The lowest BCUT2D eigenvalue weighted by Gasteiger charge is -2.19. The lowest BCUT2D eigenvalue weighted by atomic mass is 10.1. The Morgan fingerprint density at radius 1 is 1.12 bits per heavy atom. The predicted octanol–water partition coefficient (Wildman–Crippen LogP) is 2.57. The molecule has 8 nitrogen and oxygen atoms in total. The summed E-state index contributed by atoms with van der Waals surface area (Å²) in [5.41, 5.74) is 4.37. The van der Waals surface area contributed by atoms with Gasteiger partial charge in [-0.1, -0.05) is 0 Å². The number of H-pyrrole nitrogens is 1. The van der Waals surface area contributed by atoms with Crippen LogP contribution in [-0.2, 0) is 11.2 Å². The first-order chi connectivity index (χ1) is 16.3. The molecule has 2 aromatic heterocycles. The van der Waals surface area contributed by atoms with Crippen LogP contribution in [0.1, 0.15) is 16.1 Å². The van der Waals surface area contributed by atoms with Crippen molar-refractivity contribution in [1.82, 2.24) is 25.1 Å². The molecule has 3 aromatic rings. The van der Waals surface area contributed by atoms with Crippen LogP contribution in [0.3, 0.4) is 0 Å². The minimum atomic E-state index is -0.569. The zero-order valence-corrected chi connectivity index (χ0v) is 19.5. The van der Waals surface area contributed by atoms with E-state index in [9.17, 15) is 14.0 Å². The van der Waals surface area contributed by atoms with Gasteiger partial charge < -0.3 is 24.8 Å². The van der Waals surface area contributed by atoms with E-state index < -0.39 is 5.82 Å². The lowest BCUT2D eigenvalue weighted by molar-refractivity contribution is -0.132. The molecule has 1 aliphatic rings. The highest BCUT2D eigenvalue weighted by molar-refractivity contribution is 5.97. The summed E-state index contributed by atoms with van der Waals surface area (Å²) in [4.78, 5) is 35.5. The molecule has 9 heteroatoms. The van der Waals surface area contributed by atoms with Crippen molar-refractivity contribution in [3.8, 4) is 28.3 Å². The number of hydrogen-bond donors (Lipinski definition) is 2. The minimum absolute atomic E-state index is 0.0114. The van der Waals surface area contributed by atoms with Crippen LogP contribution < -0.4 is 10.1 Å². The van der Waals surface area contributed by atoms with E-state index in [1.54, 1.807) is 24.2 Å². The van der Waals surface area contributed by atoms with E-state index in [0.717, 1.165) is 29.9 Å². The van der Waals surface area contributed by atoms with Crippen LogP contribution in [0.25, 0.3) is 22.5 Å². The molecule has 0 radical (unpaired) electrons. The first-order valence-corrected chi connectivity index (χ1v) is 11.1. The average molecular weight is 466 g/mol. The summed E-state index contributed by atoms with van der Waals surface area (Å²) >= 11 is 0. The van der Waals surface area contributed by atoms with Gasteiger partial charge in [-0.05, 0) is 50.5 Å². The molecular formula is C25H28FN5O3. The number of fused-ring (bicyclic) bond motifs is 1. The summed E-state index contributed by atoms with van der Waals surface area (Å²) in [6.07, 6.45) is 2.40. The number of aromatic amines is 1. The van der Waals surface area contributed by atoms with Crippen molar-refractivity contribution in [2.75, 3.05) is 47.4 Å². The number of nitrogens with zero attached hydrogens (tertiary/aromatic N) is 3. The fraction of sp³-hybridized carbons (Fsp3) is 0.320. The molecule has 4 rings (SSSR count). The van der Waals surface area contributed by atoms with Gasteiger partial charge in [0.15, 0.2) is 18.2 Å². The number of amides is 2. The molecule has 0 spiro atoms. The van der Waals surface area contributed by atoms with Crippen molar-refractivity contribution >= 4 is 11.8 Å². The Kier molecular flexibility index (Phi) is 6.93. The molecule has 34 heavy (non-hydrogen) atoms. The number of aromatic nitrogens is 2. The molecule has 3 heterocycles. The molecular weight excluding hydrogens is 437 g/mol. The second-order valence-corrected chi connectivity index (χ2v) is 8.56. The van der Waals surface area contributed by atoms with Crippen molar-refractivity contribution < 1.29 is 18.7 Å². The van der Waals surface area contributed by atoms with Crippen molar-refractivity contribution in [3.05, 3.63) is 59.7 Å². The highest BCUT2D eigenvalue weighted by Crippen LogP contribution is 2.29. The van der Waals surface area contributed by atoms with E-state index in [1.165, 1.54) is 12.1 Å². The van der Waals surface area contributed by atoms with Gasteiger partial charge in [-0.15, -0.1) is 0 Å². The lowest BCUT2D eigenvalue weighted by Crippen LogP contribution is -2.36. The van der Waals surface area contributed by atoms with Crippen LogP contribution in [0, 0.1) is 5.82 Å². The Morgan fingerprint density at radius 2 is 1.94 bits per heavy atom. The van der Waals surface area contributed by atoms with Gasteiger partial charge in [0.05, 0.1) is 11.3 Å². The molecule has 2 N–H and O–H groups in total. The topological polar surface area (TPSA) is 90.6 Å². The van der Waals surface area contributed by atoms with Crippen LogP contribution in [0.2, 0.25) is 0 Å². The molecule has 2 amide bonds. The third-order valence-electron chi connectivity index (χ3n) is 5.76. The second-order valence-electron chi connectivity index (χ2n) is 8.56. The van der Waals surface area contributed by atoms with E-state index in [4.69, 9.17) is 4.74 Å². The number of ether oxygens (including phenoxy) is 1. The molecule has 0 saturated heterocycles. The Hall–Kier alpha value is -3.72. The zero-order valence-electron chi connectivity index (χ0n) is 19.5. The average Bonchev–Trinajstić information content (AvgIpc) is 3.27. The predicted molar refractivity (Wildman–Crippen MR) is 127 cm³/mol. The summed E-state index contributed by atoms with van der Waals surface area (Å²) in [5, 5.41) is 2.84. The van der Waals surface area contributed by atoms with Crippen molar-refractivity contribution in [2.45, 2.75) is 6.42 Å². The van der Waals surface area contributed by atoms with Gasteiger partial charge in [0, 0.05) is 61.8 Å². The Morgan fingerprint density at radius 3 is 2.68 bits per heavy atom. The molecule has 1 aliphatic heterocycles. The SMILES string of the molecule is CN(C)CCN(C)C(=O)COc1ccc(-c2cc(-c3cc4c([nH]3)CCNC4=O)ccn2)cc1F. The van der Waals surface area contributed by atoms with Crippen LogP contribution in [0.4, 0.5) is 4.39 Å². The number of carbonyl (C=O) groups is 2. The number of likely N-dealkylation sites (N-methyl/N-ethyl adjacent to an activating group) is 2. The highest BCUT2D eigenvalue weighted by atomic mass is 19.1. The van der Waals surface area contributed by atoms with E-state index in [2.05, 4.69) is 15.3 Å². The second kappa shape index (κ2) is 10.0. The maximum atomic E-state index is 14.7. The van der Waals surface area contributed by atoms with Gasteiger partial charge in [-0.3, -0.25) is 14.6 Å². The molecule has 178 valence electrons.